The number of nitrogen functional groups attached to an aromatic ring is 2. The van der Waals surface area contributed by atoms with Gasteiger partial charge >= 0.3 is 0 Å². The maximum Gasteiger partial charge on any atom is 0.204 e. The second kappa shape index (κ2) is 5.65. The zero-order valence-electron chi connectivity index (χ0n) is 11.1. The van der Waals surface area contributed by atoms with Crippen LogP contribution in [0.3, 0.4) is 0 Å². The van der Waals surface area contributed by atoms with Gasteiger partial charge in [0.2, 0.25) is 11.6 Å². The van der Waals surface area contributed by atoms with Gasteiger partial charge in [-0.05, 0) is 0 Å². The quantitative estimate of drug-likeness (QED) is 0.286. The predicted molar refractivity (Wildman–Crippen MR) is 64.8 cm³/mol. The third-order valence-electron chi connectivity index (χ3n) is 3.06. The molecule has 11 heteroatoms. The van der Waals surface area contributed by atoms with Gasteiger partial charge in [-0.2, -0.15) is 0 Å². The number of anilines is 2. The normalized spacial score (nSPS) is 11.0. The molecule has 2 rings (SSSR count). The summed E-state index contributed by atoms with van der Waals surface area (Å²) < 4.78 is 106. The number of ketones is 1. The van der Waals surface area contributed by atoms with Crippen molar-refractivity contribution in [1.29, 1.82) is 0 Å². The number of rotatable bonds is 2. The topological polar surface area (TPSA) is 69.1 Å². The molecule has 0 aliphatic carbocycles. The second-order valence-electron chi connectivity index (χ2n) is 4.42. The average molecular weight is 356 g/mol. The van der Waals surface area contributed by atoms with E-state index in [0.29, 0.717) is 0 Å². The molecule has 24 heavy (non-hydrogen) atoms. The van der Waals surface area contributed by atoms with Crippen molar-refractivity contribution in [3.05, 3.63) is 57.7 Å². The van der Waals surface area contributed by atoms with E-state index in [4.69, 9.17) is 11.5 Å². The fraction of sp³-hybridized carbons (Fsp3) is 0. The van der Waals surface area contributed by atoms with Crippen LogP contribution in [-0.2, 0) is 0 Å². The van der Waals surface area contributed by atoms with Gasteiger partial charge in [-0.3, -0.25) is 4.79 Å². The summed E-state index contributed by atoms with van der Waals surface area (Å²) >= 11 is 0. The minimum atomic E-state index is -2.58. The Morgan fingerprint density at radius 1 is 0.500 bits per heavy atom. The predicted octanol–water partition coefficient (Wildman–Crippen LogP) is 3.19. The summed E-state index contributed by atoms with van der Waals surface area (Å²) in [5.41, 5.74) is 3.77. The van der Waals surface area contributed by atoms with Crippen molar-refractivity contribution in [2.24, 2.45) is 0 Å². The molecule has 0 aliphatic heterocycles. The van der Waals surface area contributed by atoms with E-state index >= 15 is 0 Å². The largest absolute Gasteiger partial charge is 0.396 e. The van der Waals surface area contributed by atoms with E-state index in [2.05, 4.69) is 0 Å². The van der Waals surface area contributed by atoms with Crippen LogP contribution < -0.4 is 11.5 Å². The number of nitrogens with two attached hydrogens (primary N) is 2. The molecule has 0 fully saturated rings. The van der Waals surface area contributed by atoms with Crippen molar-refractivity contribution in [3.8, 4) is 0 Å². The highest BCUT2D eigenvalue weighted by Crippen LogP contribution is 2.33. The Kier molecular flexibility index (Phi) is 4.12. The van der Waals surface area contributed by atoms with Crippen molar-refractivity contribution >= 4 is 17.2 Å². The lowest BCUT2D eigenvalue weighted by molar-refractivity contribution is 0.102. The molecule has 0 bridgehead atoms. The zero-order valence-corrected chi connectivity index (χ0v) is 11.1. The molecule has 0 saturated carbocycles. The van der Waals surface area contributed by atoms with Crippen molar-refractivity contribution in [2.45, 2.75) is 0 Å². The lowest BCUT2D eigenvalue weighted by Crippen LogP contribution is -2.19. The summed E-state index contributed by atoms with van der Waals surface area (Å²) in [5, 5.41) is 0. The number of halogens is 8. The molecule has 0 saturated heterocycles. The van der Waals surface area contributed by atoms with Gasteiger partial charge in [0.1, 0.15) is 5.56 Å². The highest BCUT2D eigenvalue weighted by molar-refractivity contribution is 6.13. The maximum absolute atomic E-state index is 13.7. The van der Waals surface area contributed by atoms with E-state index in [0.717, 1.165) is 0 Å². The van der Waals surface area contributed by atoms with Crippen molar-refractivity contribution in [3.63, 3.8) is 0 Å². The molecule has 128 valence electrons. The molecule has 0 atom stereocenters. The van der Waals surface area contributed by atoms with Crippen LogP contribution in [0, 0.1) is 46.5 Å². The Bertz CT molecular complexity index is 767. The number of hydrogen-bond donors (Lipinski definition) is 2. The van der Waals surface area contributed by atoms with Gasteiger partial charge < -0.3 is 11.5 Å². The minimum absolute atomic E-state index is 1.26. The zero-order chi connectivity index (χ0) is 18.5. The summed E-state index contributed by atoms with van der Waals surface area (Å²) in [7, 11) is 0. The molecule has 0 aliphatic rings. The monoisotopic (exact) mass is 356 g/mol. The van der Waals surface area contributed by atoms with E-state index in [9.17, 15) is 39.9 Å². The first-order valence-corrected chi connectivity index (χ1v) is 5.79. The Hall–Kier alpha value is -2.85. The standard InChI is InChI=1S/C13H4F8N2O/c14-3-1(4(15)7(18)9(20)6(3)17)13(24)2-5(16)8(19)10(21)12(23)11(2)22/h22-23H2. The fourth-order valence-corrected chi connectivity index (χ4v) is 1.85. The third kappa shape index (κ3) is 2.23. The highest BCUT2D eigenvalue weighted by Gasteiger charge is 2.34. The maximum atomic E-state index is 13.7. The van der Waals surface area contributed by atoms with Crippen LogP contribution in [0.25, 0.3) is 0 Å². The molecule has 2 aromatic carbocycles. The smallest absolute Gasteiger partial charge is 0.204 e. The molecule has 3 nitrogen and oxygen atoms in total. The van der Waals surface area contributed by atoms with E-state index < -0.39 is 74.8 Å². The molecular weight excluding hydrogens is 352 g/mol. The van der Waals surface area contributed by atoms with Crippen molar-refractivity contribution < 1.29 is 39.9 Å². The van der Waals surface area contributed by atoms with Gasteiger partial charge in [0.05, 0.1) is 16.9 Å². The second-order valence-corrected chi connectivity index (χ2v) is 4.42. The molecule has 4 N–H and O–H groups in total. The average Bonchev–Trinajstić information content (AvgIpc) is 2.55. The van der Waals surface area contributed by atoms with Crippen LogP contribution in [0.2, 0.25) is 0 Å². The molecule has 0 spiro atoms. The summed E-state index contributed by atoms with van der Waals surface area (Å²) in [6.07, 6.45) is 0. The molecule has 2 aromatic rings. The van der Waals surface area contributed by atoms with E-state index in [1.165, 1.54) is 0 Å². The van der Waals surface area contributed by atoms with Crippen LogP contribution in [-0.4, -0.2) is 5.78 Å². The number of hydrogen-bond acceptors (Lipinski definition) is 3. The minimum Gasteiger partial charge on any atom is -0.396 e. The van der Waals surface area contributed by atoms with Gasteiger partial charge in [0.25, 0.3) is 0 Å². The SMILES string of the molecule is Nc1c(N)c(C(=O)c2c(F)c(F)c(F)c(F)c2F)c(F)c(F)c1F. The fourth-order valence-electron chi connectivity index (χ4n) is 1.85. The van der Waals surface area contributed by atoms with Crippen LogP contribution in [0.4, 0.5) is 46.5 Å². The van der Waals surface area contributed by atoms with E-state index in [1.807, 2.05) is 0 Å². The summed E-state index contributed by atoms with van der Waals surface area (Å²) in [4.78, 5) is 12.0. The number of carbonyl (C=O) groups is 1. The third-order valence-corrected chi connectivity index (χ3v) is 3.06. The first-order chi connectivity index (χ1) is 11.0. The lowest BCUT2D eigenvalue weighted by Gasteiger charge is -2.12. The molecule has 0 unspecified atom stereocenters. The van der Waals surface area contributed by atoms with Crippen LogP contribution in [0.15, 0.2) is 0 Å². The summed E-state index contributed by atoms with van der Waals surface area (Å²) in [5.74, 6) is -21.6. The first kappa shape index (κ1) is 17.5. The molecule has 0 aromatic heterocycles. The van der Waals surface area contributed by atoms with Crippen molar-refractivity contribution in [2.75, 3.05) is 11.5 Å². The Labute approximate surface area is 127 Å². The van der Waals surface area contributed by atoms with Gasteiger partial charge in [-0.15, -0.1) is 0 Å². The first-order valence-electron chi connectivity index (χ1n) is 5.79. The summed E-state index contributed by atoms with van der Waals surface area (Å²) in [6.45, 7) is 0. The van der Waals surface area contributed by atoms with Crippen LogP contribution in [0.1, 0.15) is 15.9 Å². The van der Waals surface area contributed by atoms with Crippen LogP contribution >= 0.6 is 0 Å². The Morgan fingerprint density at radius 3 is 1.29 bits per heavy atom. The number of carbonyl (C=O) groups excluding carboxylic acids is 1. The highest BCUT2D eigenvalue weighted by atomic mass is 19.2. The number of benzene rings is 2. The molecular formula is C13H4F8N2O. The van der Waals surface area contributed by atoms with Crippen LogP contribution in [0.5, 0.6) is 0 Å². The van der Waals surface area contributed by atoms with E-state index in [1.54, 1.807) is 0 Å². The van der Waals surface area contributed by atoms with E-state index in [-0.39, 0.29) is 0 Å². The van der Waals surface area contributed by atoms with Gasteiger partial charge in [0.15, 0.2) is 40.7 Å². The summed E-state index contributed by atoms with van der Waals surface area (Å²) in [6, 6.07) is 0. The van der Waals surface area contributed by atoms with Gasteiger partial charge in [-0.25, -0.2) is 35.1 Å². The molecule has 0 radical (unpaired) electrons. The Morgan fingerprint density at radius 2 is 0.833 bits per heavy atom. The van der Waals surface area contributed by atoms with Crippen molar-refractivity contribution in [1.82, 2.24) is 0 Å². The van der Waals surface area contributed by atoms with Gasteiger partial charge in [0, 0.05) is 0 Å². The molecule has 0 amide bonds. The Balaban J connectivity index is 2.87. The lowest BCUT2D eigenvalue weighted by atomic mass is 9.98. The van der Waals surface area contributed by atoms with Gasteiger partial charge in [-0.1, -0.05) is 0 Å². The molecule has 0 heterocycles.